The Morgan fingerprint density at radius 3 is 2.95 bits per heavy atom. The van der Waals surface area contributed by atoms with Gasteiger partial charge in [-0.15, -0.1) is 0 Å². The molecule has 0 aromatic heterocycles. The number of carboxylic acid groups (broad SMARTS) is 1. The van der Waals surface area contributed by atoms with E-state index in [-0.39, 0.29) is 13.0 Å². The van der Waals surface area contributed by atoms with Gasteiger partial charge in [0.05, 0.1) is 12.1 Å². The third kappa shape index (κ3) is 3.17. The quantitative estimate of drug-likeness (QED) is 0.857. The fourth-order valence-electron chi connectivity index (χ4n) is 2.30. The van der Waals surface area contributed by atoms with Gasteiger partial charge in [-0.2, -0.15) is 0 Å². The van der Waals surface area contributed by atoms with Crippen molar-refractivity contribution < 1.29 is 19.4 Å². The van der Waals surface area contributed by atoms with E-state index >= 15 is 0 Å². The minimum Gasteiger partial charge on any atom is -0.481 e. The maximum atomic E-state index is 12.0. The van der Waals surface area contributed by atoms with Crippen molar-refractivity contribution in [1.82, 2.24) is 0 Å². The fourth-order valence-corrected chi connectivity index (χ4v) is 2.30. The summed E-state index contributed by atoms with van der Waals surface area (Å²) in [6.07, 6.45) is 2.80. The van der Waals surface area contributed by atoms with E-state index in [1.54, 1.807) is 17.0 Å². The number of fused-ring (bicyclic) bond motifs is 1. The van der Waals surface area contributed by atoms with Crippen LogP contribution in [0, 0.1) is 0 Å². The van der Waals surface area contributed by atoms with Crippen LogP contribution in [0.4, 0.5) is 10.5 Å². The predicted octanol–water partition coefficient (Wildman–Crippen LogP) is 2.39. The number of hydrogen-bond acceptors (Lipinski definition) is 3. The molecule has 1 aliphatic heterocycles. The Labute approximate surface area is 117 Å². The zero-order valence-electron chi connectivity index (χ0n) is 11.2. The van der Waals surface area contributed by atoms with Crippen molar-refractivity contribution in [3.8, 4) is 0 Å². The molecule has 1 amide bonds. The minimum atomic E-state index is -0.887. The van der Waals surface area contributed by atoms with E-state index < -0.39 is 12.1 Å². The molecular weight excluding hydrogens is 258 g/mol. The molecule has 5 heteroatoms. The number of aliphatic carboxylic acids is 1. The van der Waals surface area contributed by atoms with E-state index in [2.05, 4.69) is 6.58 Å². The van der Waals surface area contributed by atoms with Crippen molar-refractivity contribution in [1.29, 1.82) is 0 Å². The largest absolute Gasteiger partial charge is 0.481 e. The fraction of sp³-hybridized carbons (Fsp3) is 0.333. The lowest BCUT2D eigenvalue weighted by Crippen LogP contribution is -2.36. The van der Waals surface area contributed by atoms with Crippen LogP contribution < -0.4 is 4.90 Å². The molecule has 0 unspecified atom stereocenters. The summed E-state index contributed by atoms with van der Waals surface area (Å²) in [5.41, 5.74) is 2.48. The summed E-state index contributed by atoms with van der Waals surface area (Å²) < 4.78 is 5.06. The second kappa shape index (κ2) is 6.23. The van der Waals surface area contributed by atoms with Gasteiger partial charge in [-0.3, -0.25) is 9.69 Å². The molecule has 2 rings (SSSR count). The number of ether oxygens (including phenoxy) is 1. The number of nitrogens with zero attached hydrogens (tertiary/aromatic N) is 1. The van der Waals surface area contributed by atoms with E-state index in [1.807, 2.05) is 6.07 Å². The zero-order valence-corrected chi connectivity index (χ0v) is 11.2. The summed E-state index contributed by atoms with van der Waals surface area (Å²) in [4.78, 5) is 24.3. The van der Waals surface area contributed by atoms with Crippen molar-refractivity contribution in [2.45, 2.75) is 19.3 Å². The highest BCUT2D eigenvalue weighted by Gasteiger charge is 2.24. The molecule has 5 nitrogen and oxygen atoms in total. The average molecular weight is 275 g/mol. The van der Waals surface area contributed by atoms with Crippen molar-refractivity contribution in [3.05, 3.63) is 42.0 Å². The molecule has 20 heavy (non-hydrogen) atoms. The van der Waals surface area contributed by atoms with Crippen LogP contribution >= 0.6 is 0 Å². The van der Waals surface area contributed by atoms with Gasteiger partial charge < -0.3 is 9.84 Å². The molecule has 1 aromatic carbocycles. The van der Waals surface area contributed by atoms with E-state index in [9.17, 15) is 9.59 Å². The van der Waals surface area contributed by atoms with Crippen LogP contribution in [-0.2, 0) is 22.4 Å². The molecule has 0 spiro atoms. The van der Waals surface area contributed by atoms with E-state index in [0.717, 1.165) is 24.1 Å². The number of anilines is 1. The Morgan fingerprint density at radius 1 is 1.45 bits per heavy atom. The van der Waals surface area contributed by atoms with Crippen LogP contribution in [0.2, 0.25) is 0 Å². The van der Waals surface area contributed by atoms with Gasteiger partial charge in [-0.25, -0.2) is 4.79 Å². The zero-order chi connectivity index (χ0) is 14.5. The van der Waals surface area contributed by atoms with E-state index in [4.69, 9.17) is 9.84 Å². The number of carbonyl (C=O) groups is 2. The van der Waals surface area contributed by atoms with Crippen LogP contribution in [0.5, 0.6) is 0 Å². The van der Waals surface area contributed by atoms with Gasteiger partial charge in [0.25, 0.3) is 0 Å². The summed E-state index contributed by atoms with van der Waals surface area (Å²) in [7, 11) is 0. The van der Waals surface area contributed by atoms with Crippen molar-refractivity contribution in [3.63, 3.8) is 0 Å². The Balaban J connectivity index is 2.25. The van der Waals surface area contributed by atoms with E-state index in [0.29, 0.717) is 12.1 Å². The highest BCUT2D eigenvalue weighted by Crippen LogP contribution is 2.29. The first kappa shape index (κ1) is 14.1. The lowest BCUT2D eigenvalue weighted by Gasteiger charge is -2.29. The molecular formula is C15H17NO4. The summed E-state index contributed by atoms with van der Waals surface area (Å²) in [5.74, 6) is -0.887. The molecule has 1 aromatic rings. The molecule has 1 aliphatic rings. The molecule has 0 fully saturated rings. The van der Waals surface area contributed by atoms with Gasteiger partial charge in [0.1, 0.15) is 6.61 Å². The molecule has 106 valence electrons. The van der Waals surface area contributed by atoms with Crippen molar-refractivity contribution in [2.24, 2.45) is 0 Å². The number of benzene rings is 1. The molecule has 0 atom stereocenters. The van der Waals surface area contributed by atoms with Crippen LogP contribution in [-0.4, -0.2) is 30.3 Å². The highest BCUT2D eigenvalue weighted by atomic mass is 16.6. The molecule has 0 saturated carbocycles. The van der Waals surface area contributed by atoms with E-state index in [1.165, 1.54) is 6.08 Å². The second-order valence-electron chi connectivity index (χ2n) is 4.65. The number of hydrogen-bond donors (Lipinski definition) is 1. The Morgan fingerprint density at radius 2 is 2.25 bits per heavy atom. The second-order valence-corrected chi connectivity index (χ2v) is 4.65. The lowest BCUT2D eigenvalue weighted by molar-refractivity contribution is -0.136. The summed E-state index contributed by atoms with van der Waals surface area (Å²) in [6, 6.07) is 5.45. The number of carbonyl (C=O) groups excluding carboxylic acids is 1. The van der Waals surface area contributed by atoms with Crippen LogP contribution in [0.3, 0.4) is 0 Å². The maximum absolute atomic E-state index is 12.0. The molecule has 0 saturated heterocycles. The monoisotopic (exact) mass is 275 g/mol. The first-order valence-corrected chi connectivity index (χ1v) is 6.50. The number of rotatable bonds is 4. The van der Waals surface area contributed by atoms with Gasteiger partial charge in [0.2, 0.25) is 0 Å². The van der Waals surface area contributed by atoms with Gasteiger partial charge in [0.15, 0.2) is 0 Å². The SMILES string of the molecule is C=CCOC(=O)N1CCCc2ccc(CC(=O)O)cc21. The Kier molecular flexibility index (Phi) is 4.40. The lowest BCUT2D eigenvalue weighted by atomic mass is 9.99. The number of amides is 1. The summed E-state index contributed by atoms with van der Waals surface area (Å²) in [6.45, 7) is 4.26. The Bertz CT molecular complexity index is 539. The van der Waals surface area contributed by atoms with Gasteiger partial charge in [-0.1, -0.05) is 24.8 Å². The topological polar surface area (TPSA) is 66.8 Å². The van der Waals surface area contributed by atoms with Crippen molar-refractivity contribution >= 4 is 17.7 Å². The summed E-state index contributed by atoms with van der Waals surface area (Å²) >= 11 is 0. The average Bonchev–Trinajstić information content (AvgIpc) is 2.43. The first-order valence-electron chi connectivity index (χ1n) is 6.50. The maximum Gasteiger partial charge on any atom is 0.414 e. The van der Waals surface area contributed by atoms with Crippen molar-refractivity contribution in [2.75, 3.05) is 18.1 Å². The molecule has 0 radical (unpaired) electrons. The highest BCUT2D eigenvalue weighted by molar-refractivity contribution is 5.89. The number of aryl methyl sites for hydroxylation is 1. The summed E-state index contributed by atoms with van der Waals surface area (Å²) in [5, 5.41) is 8.85. The number of carboxylic acids is 1. The first-order chi connectivity index (χ1) is 9.61. The third-order valence-electron chi connectivity index (χ3n) is 3.17. The third-order valence-corrected chi connectivity index (χ3v) is 3.17. The smallest absolute Gasteiger partial charge is 0.414 e. The van der Waals surface area contributed by atoms with Crippen LogP contribution in [0.25, 0.3) is 0 Å². The molecule has 1 heterocycles. The normalized spacial score (nSPS) is 13.5. The van der Waals surface area contributed by atoms with Crippen LogP contribution in [0.15, 0.2) is 30.9 Å². The molecule has 1 N–H and O–H groups in total. The standard InChI is InChI=1S/C15H17NO4/c1-2-8-20-15(19)16-7-3-4-12-6-5-11(9-13(12)16)10-14(17)18/h2,5-6,9H,1,3-4,7-8,10H2,(H,17,18). The van der Waals surface area contributed by atoms with Gasteiger partial charge >= 0.3 is 12.1 Å². The van der Waals surface area contributed by atoms with Gasteiger partial charge in [-0.05, 0) is 30.0 Å². The van der Waals surface area contributed by atoms with Crippen LogP contribution in [0.1, 0.15) is 17.5 Å². The molecule has 0 aliphatic carbocycles. The predicted molar refractivity (Wildman–Crippen MR) is 75.0 cm³/mol. The molecule has 0 bridgehead atoms. The minimum absolute atomic E-state index is 0.0528. The van der Waals surface area contributed by atoms with Gasteiger partial charge in [0, 0.05) is 6.54 Å². The Hall–Kier alpha value is -2.30.